The molecule has 0 aliphatic carbocycles. The number of halogens is 1. The fourth-order valence-electron chi connectivity index (χ4n) is 2.28. The van der Waals surface area contributed by atoms with E-state index in [0.717, 1.165) is 24.3 Å². The minimum absolute atomic E-state index is 0.217. The lowest BCUT2D eigenvalue weighted by Gasteiger charge is -2.11. The average Bonchev–Trinajstić information content (AvgIpc) is 3.00. The fraction of sp³-hybridized carbons (Fsp3) is 0.357. The summed E-state index contributed by atoms with van der Waals surface area (Å²) in [7, 11) is 0. The van der Waals surface area contributed by atoms with Gasteiger partial charge in [0, 0.05) is 23.7 Å². The van der Waals surface area contributed by atoms with Crippen molar-refractivity contribution in [2.45, 2.75) is 19.1 Å². The molecule has 1 aromatic heterocycles. The van der Waals surface area contributed by atoms with Crippen LogP contribution in [0.3, 0.4) is 0 Å². The first kappa shape index (κ1) is 12.7. The van der Waals surface area contributed by atoms with Crippen molar-refractivity contribution in [2.75, 3.05) is 13.1 Å². The van der Waals surface area contributed by atoms with E-state index < -0.39 is 0 Å². The van der Waals surface area contributed by atoms with Gasteiger partial charge in [0.05, 0.1) is 18.8 Å². The number of aliphatic hydroxyl groups excluding tert-OH is 1. The highest BCUT2D eigenvalue weighted by atomic mass is 35.5. The first-order chi connectivity index (χ1) is 9.20. The Morgan fingerprint density at radius 1 is 1.37 bits per heavy atom. The molecule has 2 aromatic rings. The Bertz CT molecular complexity index is 553. The Labute approximate surface area is 116 Å². The molecule has 1 saturated heterocycles. The lowest BCUT2D eigenvalue weighted by Crippen LogP contribution is -2.21. The largest absolute Gasteiger partial charge is 0.439 e. The van der Waals surface area contributed by atoms with Crippen molar-refractivity contribution in [3.05, 3.63) is 41.4 Å². The molecule has 1 aliphatic rings. The van der Waals surface area contributed by atoms with Gasteiger partial charge in [0.15, 0.2) is 5.76 Å². The Hall–Kier alpha value is -1.36. The number of aliphatic hydroxyl groups is 1. The second kappa shape index (κ2) is 5.33. The summed E-state index contributed by atoms with van der Waals surface area (Å²) >= 11 is 5.85. The summed E-state index contributed by atoms with van der Waals surface area (Å²) < 4.78 is 5.73. The van der Waals surface area contributed by atoms with Gasteiger partial charge in [0.25, 0.3) is 0 Å². The first-order valence-corrected chi connectivity index (χ1v) is 6.69. The molecule has 0 radical (unpaired) electrons. The van der Waals surface area contributed by atoms with Crippen molar-refractivity contribution >= 4 is 11.6 Å². The lowest BCUT2D eigenvalue weighted by atomic mass is 10.2. The molecule has 1 aliphatic heterocycles. The maximum Gasteiger partial charge on any atom is 0.209 e. The summed E-state index contributed by atoms with van der Waals surface area (Å²) in [6.07, 6.45) is 2.33. The van der Waals surface area contributed by atoms with Gasteiger partial charge in [0.2, 0.25) is 5.89 Å². The van der Waals surface area contributed by atoms with E-state index in [9.17, 15) is 5.11 Å². The van der Waals surface area contributed by atoms with Crippen LogP contribution in [0.5, 0.6) is 0 Å². The number of nitrogens with zero attached hydrogens (tertiary/aromatic N) is 2. The normalized spacial score (nSPS) is 20.0. The molecular formula is C14H15ClN2O2. The van der Waals surface area contributed by atoms with Gasteiger partial charge in [0.1, 0.15) is 0 Å². The smallest absolute Gasteiger partial charge is 0.209 e. The third-order valence-corrected chi connectivity index (χ3v) is 3.54. The van der Waals surface area contributed by atoms with Crippen LogP contribution < -0.4 is 0 Å². The predicted molar refractivity (Wildman–Crippen MR) is 72.8 cm³/mol. The summed E-state index contributed by atoms with van der Waals surface area (Å²) in [6.45, 7) is 2.23. The third-order valence-electron chi connectivity index (χ3n) is 3.29. The summed E-state index contributed by atoms with van der Waals surface area (Å²) in [5, 5.41) is 10.2. The lowest BCUT2D eigenvalue weighted by molar-refractivity contribution is 0.171. The van der Waals surface area contributed by atoms with E-state index in [1.807, 2.05) is 24.3 Å². The molecule has 0 saturated carbocycles. The van der Waals surface area contributed by atoms with Crippen LogP contribution >= 0.6 is 11.6 Å². The second-order valence-electron chi connectivity index (χ2n) is 4.80. The van der Waals surface area contributed by atoms with Crippen molar-refractivity contribution < 1.29 is 9.52 Å². The summed E-state index contributed by atoms with van der Waals surface area (Å²) in [6, 6.07) is 7.48. The Morgan fingerprint density at radius 3 is 2.84 bits per heavy atom. The zero-order valence-electron chi connectivity index (χ0n) is 10.4. The minimum atomic E-state index is -0.217. The van der Waals surface area contributed by atoms with Crippen molar-refractivity contribution in [3.8, 4) is 11.3 Å². The zero-order chi connectivity index (χ0) is 13.2. The highest BCUT2D eigenvalue weighted by molar-refractivity contribution is 6.30. The van der Waals surface area contributed by atoms with E-state index in [0.29, 0.717) is 24.0 Å². The Kier molecular flexibility index (Phi) is 3.55. The minimum Gasteiger partial charge on any atom is -0.439 e. The molecule has 1 aromatic carbocycles. The molecule has 0 bridgehead atoms. The van der Waals surface area contributed by atoms with Gasteiger partial charge in [-0.05, 0) is 30.7 Å². The van der Waals surface area contributed by atoms with Crippen LogP contribution in [-0.4, -0.2) is 34.2 Å². The summed E-state index contributed by atoms with van der Waals surface area (Å²) in [5.41, 5.74) is 0.963. The van der Waals surface area contributed by atoms with Crippen LogP contribution in [0.25, 0.3) is 11.3 Å². The van der Waals surface area contributed by atoms with Gasteiger partial charge in [-0.15, -0.1) is 0 Å². The number of benzene rings is 1. The first-order valence-electron chi connectivity index (χ1n) is 6.32. The molecule has 0 spiro atoms. The van der Waals surface area contributed by atoms with Gasteiger partial charge in [-0.25, -0.2) is 4.98 Å². The quantitative estimate of drug-likeness (QED) is 0.937. The number of hydrogen-bond donors (Lipinski definition) is 1. The van der Waals surface area contributed by atoms with E-state index in [4.69, 9.17) is 16.0 Å². The summed E-state index contributed by atoms with van der Waals surface area (Å²) in [4.78, 5) is 6.42. The molecular weight excluding hydrogens is 264 g/mol. The Morgan fingerprint density at radius 2 is 2.16 bits per heavy atom. The van der Waals surface area contributed by atoms with Crippen molar-refractivity contribution in [1.29, 1.82) is 0 Å². The van der Waals surface area contributed by atoms with Crippen LogP contribution in [0.1, 0.15) is 12.3 Å². The van der Waals surface area contributed by atoms with Gasteiger partial charge in [-0.2, -0.15) is 0 Å². The highest BCUT2D eigenvalue weighted by Gasteiger charge is 2.21. The number of oxazole rings is 1. The molecule has 100 valence electrons. The fourth-order valence-corrected chi connectivity index (χ4v) is 2.40. The average molecular weight is 279 g/mol. The second-order valence-corrected chi connectivity index (χ2v) is 5.24. The maximum absolute atomic E-state index is 9.48. The third kappa shape index (κ3) is 2.97. The number of β-amino-alcohol motifs (C(OH)–C–C–N with tert-alkyl or cyclic N) is 1. The van der Waals surface area contributed by atoms with Crippen LogP contribution in [0.4, 0.5) is 0 Å². The van der Waals surface area contributed by atoms with Crippen LogP contribution in [-0.2, 0) is 6.54 Å². The van der Waals surface area contributed by atoms with Crippen molar-refractivity contribution in [2.24, 2.45) is 0 Å². The highest BCUT2D eigenvalue weighted by Crippen LogP contribution is 2.23. The molecule has 3 rings (SSSR count). The summed E-state index contributed by atoms with van der Waals surface area (Å²) in [5.74, 6) is 1.42. The SMILES string of the molecule is OC1CCN(Cc2ncc(-c3ccc(Cl)cc3)o2)C1. The molecule has 4 nitrogen and oxygen atoms in total. The molecule has 1 fully saturated rings. The number of likely N-dealkylation sites (tertiary alicyclic amines) is 1. The van der Waals surface area contributed by atoms with Crippen molar-refractivity contribution in [1.82, 2.24) is 9.88 Å². The molecule has 1 unspecified atom stereocenters. The Balaban J connectivity index is 1.71. The van der Waals surface area contributed by atoms with E-state index in [1.165, 1.54) is 0 Å². The van der Waals surface area contributed by atoms with Gasteiger partial charge in [-0.1, -0.05) is 11.6 Å². The molecule has 1 N–H and O–H groups in total. The molecule has 1 atom stereocenters. The van der Waals surface area contributed by atoms with E-state index >= 15 is 0 Å². The standard InChI is InChI=1S/C14H15ClN2O2/c15-11-3-1-10(2-4-11)13-7-16-14(19-13)9-17-6-5-12(18)8-17/h1-4,7,12,18H,5-6,8-9H2. The van der Waals surface area contributed by atoms with Gasteiger partial charge in [-0.3, -0.25) is 4.90 Å². The molecule has 2 heterocycles. The zero-order valence-corrected chi connectivity index (χ0v) is 11.2. The van der Waals surface area contributed by atoms with Crippen LogP contribution in [0.2, 0.25) is 5.02 Å². The number of aromatic nitrogens is 1. The van der Waals surface area contributed by atoms with E-state index in [-0.39, 0.29) is 6.10 Å². The predicted octanol–water partition coefficient (Wildman–Crippen LogP) is 2.56. The van der Waals surface area contributed by atoms with Crippen molar-refractivity contribution in [3.63, 3.8) is 0 Å². The van der Waals surface area contributed by atoms with E-state index in [1.54, 1.807) is 6.20 Å². The molecule has 5 heteroatoms. The maximum atomic E-state index is 9.48. The topological polar surface area (TPSA) is 49.5 Å². The van der Waals surface area contributed by atoms with Gasteiger partial charge < -0.3 is 9.52 Å². The number of rotatable bonds is 3. The van der Waals surface area contributed by atoms with Gasteiger partial charge >= 0.3 is 0 Å². The monoisotopic (exact) mass is 278 g/mol. The van der Waals surface area contributed by atoms with E-state index in [2.05, 4.69) is 9.88 Å². The molecule has 19 heavy (non-hydrogen) atoms. The number of hydrogen-bond acceptors (Lipinski definition) is 4. The molecule has 0 amide bonds. The van der Waals surface area contributed by atoms with Crippen LogP contribution in [0, 0.1) is 0 Å². The van der Waals surface area contributed by atoms with Crippen LogP contribution in [0.15, 0.2) is 34.9 Å².